The first-order valence-electron chi connectivity index (χ1n) is 8.00. The van der Waals surface area contributed by atoms with Gasteiger partial charge in [0.05, 0.1) is 0 Å². The molecule has 4 heteroatoms. The Morgan fingerprint density at radius 3 is 2.90 bits per heavy atom. The summed E-state index contributed by atoms with van der Waals surface area (Å²) >= 11 is 0. The van der Waals surface area contributed by atoms with Crippen LogP contribution in [0.15, 0.2) is 24.3 Å². The van der Waals surface area contributed by atoms with Crippen LogP contribution in [0.4, 0.5) is 0 Å². The zero-order valence-electron chi connectivity index (χ0n) is 12.5. The van der Waals surface area contributed by atoms with Gasteiger partial charge in [-0.25, -0.2) is 0 Å². The Hall–Kier alpha value is -1.55. The highest BCUT2D eigenvalue weighted by Crippen LogP contribution is 2.36. The monoisotopic (exact) mass is 288 g/mol. The van der Waals surface area contributed by atoms with E-state index in [4.69, 9.17) is 10.5 Å². The Labute approximate surface area is 126 Å². The standard InChI is InChI=1S/C17H24N2O2/c18-11-14-6-2-4-8-16(14)21-12-17(20)19-10-9-13-5-1-3-7-15(13)19/h2,4,6,8,13,15H,1,3,5,7,9-12,18H2. The SMILES string of the molecule is NCc1ccccc1OCC(=O)N1CCC2CCCCC21. The number of amides is 1. The first-order chi connectivity index (χ1) is 10.3. The molecular weight excluding hydrogens is 264 g/mol. The third-order valence-corrected chi connectivity index (χ3v) is 4.87. The van der Waals surface area contributed by atoms with Crippen molar-refractivity contribution in [3.05, 3.63) is 29.8 Å². The minimum Gasteiger partial charge on any atom is -0.483 e. The number of fused-ring (bicyclic) bond motifs is 1. The van der Waals surface area contributed by atoms with E-state index in [-0.39, 0.29) is 12.5 Å². The number of likely N-dealkylation sites (tertiary alicyclic amines) is 1. The van der Waals surface area contributed by atoms with Gasteiger partial charge in [-0.15, -0.1) is 0 Å². The molecular formula is C17H24N2O2. The molecule has 2 aliphatic rings. The van der Waals surface area contributed by atoms with Crippen molar-refractivity contribution < 1.29 is 9.53 Å². The molecule has 1 saturated carbocycles. The minimum absolute atomic E-state index is 0.122. The van der Waals surface area contributed by atoms with Crippen LogP contribution in [-0.2, 0) is 11.3 Å². The van der Waals surface area contributed by atoms with Crippen molar-refractivity contribution in [2.24, 2.45) is 11.7 Å². The second-order valence-corrected chi connectivity index (χ2v) is 6.09. The Morgan fingerprint density at radius 1 is 1.24 bits per heavy atom. The average Bonchev–Trinajstić information content (AvgIpc) is 2.97. The molecule has 1 aliphatic heterocycles. The number of carbonyl (C=O) groups is 1. The van der Waals surface area contributed by atoms with E-state index in [1.807, 2.05) is 24.3 Å². The summed E-state index contributed by atoms with van der Waals surface area (Å²) in [5, 5.41) is 0. The third-order valence-electron chi connectivity index (χ3n) is 4.87. The van der Waals surface area contributed by atoms with Crippen LogP contribution in [0.2, 0.25) is 0 Å². The van der Waals surface area contributed by atoms with Gasteiger partial charge in [-0.05, 0) is 31.2 Å². The van der Waals surface area contributed by atoms with Gasteiger partial charge < -0.3 is 15.4 Å². The van der Waals surface area contributed by atoms with Crippen molar-refractivity contribution in [1.82, 2.24) is 4.90 Å². The predicted molar refractivity (Wildman–Crippen MR) is 81.9 cm³/mol. The number of ether oxygens (including phenoxy) is 1. The summed E-state index contributed by atoms with van der Waals surface area (Å²) in [5.41, 5.74) is 6.64. The minimum atomic E-state index is 0.122. The Bertz CT molecular complexity index is 503. The van der Waals surface area contributed by atoms with E-state index >= 15 is 0 Å². The number of benzene rings is 1. The smallest absolute Gasteiger partial charge is 0.260 e. The Balaban J connectivity index is 1.59. The molecule has 1 heterocycles. The van der Waals surface area contributed by atoms with Gasteiger partial charge in [-0.3, -0.25) is 4.79 Å². The van der Waals surface area contributed by atoms with Crippen LogP contribution < -0.4 is 10.5 Å². The van der Waals surface area contributed by atoms with E-state index in [0.29, 0.717) is 12.6 Å². The number of rotatable bonds is 4. The number of carbonyl (C=O) groups excluding carboxylic acids is 1. The highest BCUT2D eigenvalue weighted by molar-refractivity contribution is 5.78. The quantitative estimate of drug-likeness (QED) is 0.925. The van der Waals surface area contributed by atoms with Crippen LogP contribution in [0.1, 0.15) is 37.7 Å². The summed E-state index contributed by atoms with van der Waals surface area (Å²) in [7, 11) is 0. The molecule has 0 spiro atoms. The van der Waals surface area contributed by atoms with Crippen LogP contribution in [0, 0.1) is 5.92 Å². The van der Waals surface area contributed by atoms with Crippen LogP contribution in [0.25, 0.3) is 0 Å². The highest BCUT2D eigenvalue weighted by atomic mass is 16.5. The van der Waals surface area contributed by atoms with Gasteiger partial charge in [0.15, 0.2) is 6.61 Å². The van der Waals surface area contributed by atoms with E-state index < -0.39 is 0 Å². The lowest BCUT2D eigenvalue weighted by Crippen LogP contribution is -2.41. The van der Waals surface area contributed by atoms with Gasteiger partial charge in [-0.2, -0.15) is 0 Å². The van der Waals surface area contributed by atoms with Gasteiger partial charge >= 0.3 is 0 Å². The van der Waals surface area contributed by atoms with E-state index in [2.05, 4.69) is 4.90 Å². The molecule has 4 nitrogen and oxygen atoms in total. The molecule has 0 bridgehead atoms. The summed E-state index contributed by atoms with van der Waals surface area (Å²) in [6.07, 6.45) is 6.18. The van der Waals surface area contributed by atoms with E-state index in [1.54, 1.807) is 0 Å². The lowest BCUT2D eigenvalue weighted by Gasteiger charge is -2.31. The molecule has 1 aromatic carbocycles. The number of para-hydroxylation sites is 1. The molecule has 1 saturated heterocycles. The third kappa shape index (κ3) is 3.05. The second kappa shape index (κ2) is 6.48. The summed E-state index contributed by atoms with van der Waals surface area (Å²) in [5.74, 6) is 1.57. The number of hydrogen-bond acceptors (Lipinski definition) is 3. The van der Waals surface area contributed by atoms with Crippen LogP contribution in [0.5, 0.6) is 5.75 Å². The molecule has 21 heavy (non-hydrogen) atoms. The largest absolute Gasteiger partial charge is 0.483 e. The maximum atomic E-state index is 12.4. The number of nitrogens with two attached hydrogens (primary N) is 1. The zero-order valence-corrected chi connectivity index (χ0v) is 12.5. The van der Waals surface area contributed by atoms with Crippen molar-refractivity contribution in [3.8, 4) is 5.75 Å². The summed E-state index contributed by atoms with van der Waals surface area (Å²) < 4.78 is 5.71. The topological polar surface area (TPSA) is 55.6 Å². The van der Waals surface area contributed by atoms with Gasteiger partial charge in [-0.1, -0.05) is 31.0 Å². The fraction of sp³-hybridized carbons (Fsp3) is 0.588. The summed E-state index contributed by atoms with van der Waals surface area (Å²) in [6, 6.07) is 8.12. The lowest BCUT2D eigenvalue weighted by atomic mass is 9.85. The van der Waals surface area contributed by atoms with Crippen molar-refractivity contribution in [2.45, 2.75) is 44.7 Å². The predicted octanol–water partition coefficient (Wildman–Crippen LogP) is 2.32. The molecule has 1 aromatic rings. The molecule has 114 valence electrons. The Morgan fingerprint density at radius 2 is 2.05 bits per heavy atom. The molecule has 2 unspecified atom stereocenters. The van der Waals surface area contributed by atoms with Crippen molar-refractivity contribution in [2.75, 3.05) is 13.2 Å². The lowest BCUT2D eigenvalue weighted by molar-refractivity contribution is -0.134. The fourth-order valence-corrected chi connectivity index (χ4v) is 3.75. The van der Waals surface area contributed by atoms with Crippen LogP contribution >= 0.6 is 0 Å². The summed E-state index contributed by atoms with van der Waals surface area (Å²) in [6.45, 7) is 1.45. The summed E-state index contributed by atoms with van der Waals surface area (Å²) in [4.78, 5) is 14.5. The van der Waals surface area contributed by atoms with Crippen molar-refractivity contribution in [3.63, 3.8) is 0 Å². The van der Waals surface area contributed by atoms with Crippen molar-refractivity contribution >= 4 is 5.91 Å². The molecule has 1 amide bonds. The molecule has 3 rings (SSSR count). The molecule has 0 radical (unpaired) electrons. The molecule has 2 fully saturated rings. The first-order valence-corrected chi connectivity index (χ1v) is 8.00. The highest BCUT2D eigenvalue weighted by Gasteiger charge is 2.38. The molecule has 0 aromatic heterocycles. The second-order valence-electron chi connectivity index (χ2n) is 6.09. The van der Waals surface area contributed by atoms with Gasteiger partial charge in [0.2, 0.25) is 0 Å². The van der Waals surface area contributed by atoms with Gasteiger partial charge in [0.1, 0.15) is 5.75 Å². The van der Waals surface area contributed by atoms with Gasteiger partial charge in [0.25, 0.3) is 5.91 Å². The maximum absolute atomic E-state index is 12.4. The zero-order chi connectivity index (χ0) is 14.7. The fourth-order valence-electron chi connectivity index (χ4n) is 3.75. The number of nitrogens with zero attached hydrogens (tertiary/aromatic N) is 1. The van der Waals surface area contributed by atoms with Crippen LogP contribution in [-0.4, -0.2) is 30.0 Å². The van der Waals surface area contributed by atoms with E-state index in [9.17, 15) is 4.79 Å². The maximum Gasteiger partial charge on any atom is 0.260 e. The molecule has 2 atom stereocenters. The van der Waals surface area contributed by atoms with E-state index in [1.165, 1.54) is 19.3 Å². The van der Waals surface area contributed by atoms with Crippen molar-refractivity contribution in [1.29, 1.82) is 0 Å². The van der Waals surface area contributed by atoms with E-state index in [0.717, 1.165) is 36.6 Å². The Kier molecular flexibility index (Phi) is 4.44. The van der Waals surface area contributed by atoms with Crippen LogP contribution in [0.3, 0.4) is 0 Å². The average molecular weight is 288 g/mol. The number of hydrogen-bond donors (Lipinski definition) is 1. The molecule has 2 N–H and O–H groups in total. The normalized spacial score (nSPS) is 24.7. The van der Waals surface area contributed by atoms with Gasteiger partial charge in [0, 0.05) is 24.7 Å². The first kappa shape index (κ1) is 14.4. The molecule has 1 aliphatic carbocycles.